The van der Waals surface area contributed by atoms with Crippen molar-refractivity contribution >= 4 is 68.4 Å². The molecule has 0 aliphatic carbocycles. The summed E-state index contributed by atoms with van der Waals surface area (Å²) in [5.74, 6) is -0.271. The summed E-state index contributed by atoms with van der Waals surface area (Å²) in [6.07, 6.45) is 0.983. The number of phenols is 1. The molecule has 4 N–H and O–H groups in total. The molecule has 3 aromatic carbocycles. The van der Waals surface area contributed by atoms with E-state index in [4.69, 9.17) is 16.3 Å². The normalized spacial score (nSPS) is 14.6. The molecular formula is C32H31ClN6O5. The highest BCUT2D eigenvalue weighted by atomic mass is 35.5. The highest BCUT2D eigenvalue weighted by Crippen LogP contribution is 2.45. The standard InChI is InChI=1S/C32H31ClN6O5/c1-32(2,3)44-31(43)34-19-9-10-22-17(11-19)12-23(35-22)29(41)37-26-16-38(4)28(36-26)30(42)39-15-18(14-33)27-21-8-6-5-7-20(21)25(40)13-24(27)39/h5-13,16,18,35,40H,14-15H2,1-4H3,(H,34,43)(H,37,41)/t18-/m1/s1. The molecule has 3 amide bonds. The number of phenolic OH excluding ortho intramolecular Hbond substituents is 1. The average molecular weight is 615 g/mol. The van der Waals surface area contributed by atoms with Gasteiger partial charge in [-0.1, -0.05) is 24.3 Å². The molecule has 44 heavy (non-hydrogen) atoms. The van der Waals surface area contributed by atoms with E-state index in [1.165, 1.54) is 0 Å². The number of aromatic hydroxyl groups is 1. The number of rotatable bonds is 5. The van der Waals surface area contributed by atoms with Gasteiger partial charge in [0, 0.05) is 59.6 Å². The van der Waals surface area contributed by atoms with Crippen molar-refractivity contribution in [2.45, 2.75) is 32.3 Å². The first-order valence-electron chi connectivity index (χ1n) is 14.0. The van der Waals surface area contributed by atoms with Gasteiger partial charge in [-0.25, -0.2) is 9.78 Å². The maximum Gasteiger partial charge on any atom is 0.412 e. The van der Waals surface area contributed by atoms with Crippen LogP contribution in [0.15, 0.2) is 60.8 Å². The molecule has 226 valence electrons. The molecule has 3 heterocycles. The van der Waals surface area contributed by atoms with Crippen molar-refractivity contribution in [3.05, 3.63) is 77.9 Å². The zero-order chi connectivity index (χ0) is 31.3. The Labute approximate surface area is 257 Å². The number of nitrogens with one attached hydrogen (secondary N) is 3. The highest BCUT2D eigenvalue weighted by Gasteiger charge is 2.36. The summed E-state index contributed by atoms with van der Waals surface area (Å²) in [4.78, 5) is 48.1. The first-order valence-corrected chi connectivity index (χ1v) is 14.5. The van der Waals surface area contributed by atoms with Crippen molar-refractivity contribution < 1.29 is 24.2 Å². The van der Waals surface area contributed by atoms with E-state index in [2.05, 4.69) is 20.6 Å². The number of imidazole rings is 1. The molecule has 0 bridgehead atoms. The van der Waals surface area contributed by atoms with Crippen LogP contribution in [0.3, 0.4) is 0 Å². The van der Waals surface area contributed by atoms with Gasteiger partial charge in [-0.15, -0.1) is 11.6 Å². The SMILES string of the molecule is Cn1cc(NC(=O)c2cc3cc(NC(=O)OC(C)(C)C)ccc3[nH]2)nc1C(=O)N1C[C@@H](CCl)c2c1cc(O)c1ccccc21. The molecule has 0 saturated carbocycles. The van der Waals surface area contributed by atoms with Crippen molar-refractivity contribution in [1.29, 1.82) is 0 Å². The number of nitrogens with zero attached hydrogens (tertiary/aromatic N) is 3. The second-order valence-electron chi connectivity index (χ2n) is 11.8. The molecule has 2 aromatic heterocycles. The van der Waals surface area contributed by atoms with Gasteiger partial charge in [-0.05, 0) is 56.0 Å². The van der Waals surface area contributed by atoms with Crippen LogP contribution in [0.1, 0.15) is 53.4 Å². The van der Waals surface area contributed by atoms with E-state index < -0.39 is 17.6 Å². The minimum Gasteiger partial charge on any atom is -0.507 e. The van der Waals surface area contributed by atoms with Crippen molar-refractivity contribution in [2.75, 3.05) is 28.0 Å². The van der Waals surface area contributed by atoms with Gasteiger partial charge in [0.2, 0.25) is 5.82 Å². The molecule has 1 aliphatic heterocycles. The third-order valence-electron chi connectivity index (χ3n) is 7.40. The minimum absolute atomic E-state index is 0.0752. The van der Waals surface area contributed by atoms with Crippen molar-refractivity contribution in [2.24, 2.45) is 7.05 Å². The third kappa shape index (κ3) is 5.42. The number of amides is 3. The Bertz CT molecular complexity index is 1960. The highest BCUT2D eigenvalue weighted by molar-refractivity contribution is 6.19. The molecular weight excluding hydrogens is 584 g/mol. The van der Waals surface area contributed by atoms with Gasteiger partial charge in [-0.3, -0.25) is 14.9 Å². The van der Waals surface area contributed by atoms with Gasteiger partial charge in [0.15, 0.2) is 5.82 Å². The lowest BCUT2D eigenvalue weighted by Gasteiger charge is -2.19. The summed E-state index contributed by atoms with van der Waals surface area (Å²) < 4.78 is 6.85. The first-order chi connectivity index (χ1) is 20.9. The van der Waals surface area contributed by atoms with Crippen LogP contribution >= 0.6 is 11.6 Å². The number of alkyl halides is 1. The molecule has 1 aliphatic rings. The molecule has 6 rings (SSSR count). The summed E-state index contributed by atoms with van der Waals surface area (Å²) in [5, 5.41) is 18.4. The van der Waals surface area contributed by atoms with Crippen LogP contribution in [0.5, 0.6) is 5.75 Å². The monoisotopic (exact) mass is 614 g/mol. The number of fused-ring (bicyclic) bond motifs is 4. The maximum absolute atomic E-state index is 13.8. The molecule has 0 fully saturated rings. The summed E-state index contributed by atoms with van der Waals surface area (Å²) in [5.41, 5.74) is 2.35. The Balaban J connectivity index is 1.21. The maximum atomic E-state index is 13.8. The van der Waals surface area contributed by atoms with E-state index in [-0.39, 0.29) is 34.9 Å². The lowest BCUT2D eigenvalue weighted by molar-refractivity contribution is 0.0635. The van der Waals surface area contributed by atoms with Crippen LogP contribution < -0.4 is 15.5 Å². The van der Waals surface area contributed by atoms with E-state index in [0.29, 0.717) is 40.1 Å². The lowest BCUT2D eigenvalue weighted by Crippen LogP contribution is -2.32. The fourth-order valence-electron chi connectivity index (χ4n) is 5.53. The Morgan fingerprint density at radius 1 is 1.09 bits per heavy atom. The molecule has 12 heteroatoms. The largest absolute Gasteiger partial charge is 0.507 e. The van der Waals surface area contributed by atoms with E-state index in [1.54, 1.807) is 73.8 Å². The van der Waals surface area contributed by atoms with Crippen LogP contribution in [0.2, 0.25) is 0 Å². The number of aromatic nitrogens is 3. The number of hydrogen-bond donors (Lipinski definition) is 4. The number of halogens is 1. The van der Waals surface area contributed by atoms with Crippen LogP contribution in [-0.4, -0.2) is 55.6 Å². The number of anilines is 3. The predicted molar refractivity (Wildman–Crippen MR) is 170 cm³/mol. The Hall–Kier alpha value is -5.03. The van der Waals surface area contributed by atoms with Crippen LogP contribution in [0, 0.1) is 0 Å². The van der Waals surface area contributed by atoms with E-state index in [1.807, 2.05) is 24.3 Å². The predicted octanol–water partition coefficient (Wildman–Crippen LogP) is 6.34. The van der Waals surface area contributed by atoms with Crippen LogP contribution in [0.25, 0.3) is 21.7 Å². The Morgan fingerprint density at radius 2 is 1.84 bits per heavy atom. The van der Waals surface area contributed by atoms with E-state index >= 15 is 0 Å². The molecule has 11 nitrogen and oxygen atoms in total. The molecule has 5 aromatic rings. The second-order valence-corrected chi connectivity index (χ2v) is 12.1. The fraction of sp³-hybridized carbons (Fsp3) is 0.250. The van der Waals surface area contributed by atoms with Gasteiger partial charge in [0.25, 0.3) is 11.8 Å². The summed E-state index contributed by atoms with van der Waals surface area (Å²) >= 11 is 6.33. The van der Waals surface area contributed by atoms with Crippen LogP contribution in [-0.2, 0) is 11.8 Å². The summed E-state index contributed by atoms with van der Waals surface area (Å²) in [6, 6.07) is 15.9. The minimum atomic E-state index is -0.632. The van der Waals surface area contributed by atoms with E-state index in [9.17, 15) is 19.5 Å². The number of aryl methyl sites for hydroxylation is 1. The van der Waals surface area contributed by atoms with Crippen LogP contribution in [0.4, 0.5) is 22.0 Å². The van der Waals surface area contributed by atoms with Gasteiger partial charge in [0.1, 0.15) is 17.0 Å². The molecule has 0 saturated heterocycles. The number of carbonyl (C=O) groups excluding carboxylic acids is 3. The van der Waals surface area contributed by atoms with Gasteiger partial charge >= 0.3 is 6.09 Å². The Kier molecular flexibility index (Phi) is 7.21. The van der Waals surface area contributed by atoms with Gasteiger partial charge in [0.05, 0.1) is 5.69 Å². The smallest absolute Gasteiger partial charge is 0.412 e. The lowest BCUT2D eigenvalue weighted by atomic mass is 9.95. The van der Waals surface area contributed by atoms with Crippen molar-refractivity contribution in [3.63, 3.8) is 0 Å². The number of H-pyrrole nitrogens is 1. The summed E-state index contributed by atoms with van der Waals surface area (Å²) in [6.45, 7) is 5.67. The van der Waals surface area contributed by atoms with Crippen molar-refractivity contribution in [1.82, 2.24) is 14.5 Å². The number of aromatic amines is 1. The molecule has 0 spiro atoms. The zero-order valence-electron chi connectivity index (χ0n) is 24.6. The first kappa shape index (κ1) is 29.1. The number of hydrogen-bond acceptors (Lipinski definition) is 6. The summed E-state index contributed by atoms with van der Waals surface area (Å²) in [7, 11) is 1.67. The Morgan fingerprint density at radius 3 is 2.57 bits per heavy atom. The quantitative estimate of drug-likeness (QED) is 0.170. The van der Waals surface area contributed by atoms with Gasteiger partial charge < -0.3 is 29.6 Å². The second kappa shape index (κ2) is 10.9. The van der Waals surface area contributed by atoms with Crippen molar-refractivity contribution in [3.8, 4) is 5.75 Å². The number of ether oxygens (including phenoxy) is 1. The van der Waals surface area contributed by atoms with E-state index in [0.717, 1.165) is 10.9 Å². The molecule has 1 atom stereocenters. The topological polar surface area (TPSA) is 142 Å². The number of carbonyl (C=O) groups is 3. The number of benzene rings is 3. The molecule has 0 radical (unpaired) electrons. The third-order valence-corrected chi connectivity index (χ3v) is 7.77. The van der Waals surface area contributed by atoms with Gasteiger partial charge in [-0.2, -0.15) is 0 Å². The fourth-order valence-corrected chi connectivity index (χ4v) is 5.78. The zero-order valence-corrected chi connectivity index (χ0v) is 25.3. The molecule has 0 unspecified atom stereocenters. The average Bonchev–Trinajstić information content (AvgIpc) is 3.66.